The molecule has 1 N–H and O–H groups in total. The van der Waals surface area contributed by atoms with Crippen molar-refractivity contribution in [3.63, 3.8) is 0 Å². The second-order valence-corrected chi connectivity index (χ2v) is 6.29. The summed E-state index contributed by atoms with van der Waals surface area (Å²) in [6.07, 6.45) is 2.92. The Kier molecular flexibility index (Phi) is 2.57. The molecule has 1 aromatic rings. The van der Waals surface area contributed by atoms with Crippen LogP contribution in [-0.2, 0) is 10.2 Å². The first-order valence-corrected chi connectivity index (χ1v) is 7.02. The molecule has 1 aliphatic carbocycles. The highest BCUT2D eigenvalue weighted by Gasteiger charge is 2.50. The van der Waals surface area contributed by atoms with Crippen molar-refractivity contribution in [1.29, 1.82) is 0 Å². The minimum atomic E-state index is 0.281. The summed E-state index contributed by atoms with van der Waals surface area (Å²) < 4.78 is 6.04. The lowest BCUT2D eigenvalue weighted by molar-refractivity contribution is 0.0240. The summed E-state index contributed by atoms with van der Waals surface area (Å²) in [5, 5.41) is 5.70. The minimum Gasteiger partial charge on any atom is -0.370 e. The van der Waals surface area contributed by atoms with Gasteiger partial charge in [-0.05, 0) is 29.9 Å². The molecule has 0 amide bonds. The Morgan fingerprint density at radius 3 is 3.06 bits per heavy atom. The van der Waals surface area contributed by atoms with Gasteiger partial charge in [-0.15, -0.1) is 11.3 Å². The van der Waals surface area contributed by atoms with Crippen molar-refractivity contribution in [3.8, 4) is 0 Å². The molecule has 1 aliphatic heterocycles. The van der Waals surface area contributed by atoms with Crippen molar-refractivity contribution < 1.29 is 4.74 Å². The van der Waals surface area contributed by atoms with Gasteiger partial charge in [-0.2, -0.15) is 0 Å². The Hall–Kier alpha value is -0.380. The van der Waals surface area contributed by atoms with Gasteiger partial charge in [-0.25, -0.2) is 0 Å². The lowest BCUT2D eigenvalue weighted by Crippen LogP contribution is -2.33. The van der Waals surface area contributed by atoms with Gasteiger partial charge in [0.25, 0.3) is 0 Å². The monoisotopic (exact) mass is 237 g/mol. The Balaban J connectivity index is 1.79. The molecule has 2 aliphatic rings. The molecule has 3 rings (SSSR count). The molecule has 2 nitrogen and oxygen atoms in total. The highest BCUT2D eigenvalue weighted by Crippen LogP contribution is 2.55. The summed E-state index contributed by atoms with van der Waals surface area (Å²) in [5.74, 6) is 0. The Morgan fingerprint density at radius 1 is 1.56 bits per heavy atom. The predicted molar refractivity (Wildman–Crippen MR) is 67.1 cm³/mol. The van der Waals surface area contributed by atoms with E-state index in [1.165, 1.54) is 17.7 Å². The molecule has 0 radical (unpaired) electrons. The van der Waals surface area contributed by atoms with Gasteiger partial charge >= 0.3 is 0 Å². The van der Waals surface area contributed by atoms with Gasteiger partial charge in [-0.1, -0.05) is 13.8 Å². The smallest absolute Gasteiger partial charge is 0.104 e. The van der Waals surface area contributed by atoms with E-state index in [-0.39, 0.29) is 6.10 Å². The molecular weight excluding hydrogens is 218 g/mol. The van der Waals surface area contributed by atoms with E-state index in [0.717, 1.165) is 13.2 Å². The number of fused-ring (bicyclic) bond motifs is 2. The summed E-state index contributed by atoms with van der Waals surface area (Å²) in [5.41, 5.74) is 2.00. The standard InChI is InChI=1S/C13H19NOS/c1-9(2)14-7-11-12-10(3-6-16-12)13(4-5-13)8-15-11/h3,6,9,11,14H,4-5,7-8H2,1-2H3/t11-/m1/s1. The molecule has 1 saturated carbocycles. The molecule has 1 aromatic heterocycles. The molecule has 0 bridgehead atoms. The molecule has 0 aromatic carbocycles. The fraction of sp³-hybridized carbons (Fsp3) is 0.692. The second kappa shape index (κ2) is 3.83. The molecule has 1 fully saturated rings. The molecule has 2 heterocycles. The zero-order valence-corrected chi connectivity index (χ0v) is 10.8. The van der Waals surface area contributed by atoms with E-state index in [1.54, 1.807) is 5.56 Å². The Morgan fingerprint density at radius 2 is 2.38 bits per heavy atom. The second-order valence-electron chi connectivity index (χ2n) is 5.34. The number of nitrogens with one attached hydrogen (secondary N) is 1. The molecule has 1 spiro atoms. The maximum atomic E-state index is 6.04. The number of hydrogen-bond donors (Lipinski definition) is 1. The van der Waals surface area contributed by atoms with Gasteiger partial charge in [-0.3, -0.25) is 0 Å². The van der Waals surface area contributed by atoms with E-state index in [4.69, 9.17) is 4.74 Å². The molecule has 0 saturated heterocycles. The summed E-state index contributed by atoms with van der Waals surface area (Å²) in [6.45, 7) is 6.24. The van der Waals surface area contributed by atoms with Crippen LogP contribution >= 0.6 is 11.3 Å². The lowest BCUT2D eigenvalue weighted by atomic mass is 9.93. The van der Waals surface area contributed by atoms with Crippen molar-refractivity contribution >= 4 is 11.3 Å². The maximum Gasteiger partial charge on any atom is 0.104 e. The average Bonchev–Trinajstić information content (AvgIpc) is 2.84. The van der Waals surface area contributed by atoms with Crippen molar-refractivity contribution in [1.82, 2.24) is 5.32 Å². The molecule has 16 heavy (non-hydrogen) atoms. The van der Waals surface area contributed by atoms with E-state index in [0.29, 0.717) is 11.5 Å². The first-order valence-electron chi connectivity index (χ1n) is 6.14. The normalized spacial score (nSPS) is 26.1. The van der Waals surface area contributed by atoms with Crippen LogP contribution in [0.5, 0.6) is 0 Å². The van der Waals surface area contributed by atoms with Gasteiger partial charge in [0, 0.05) is 22.9 Å². The number of ether oxygens (including phenoxy) is 1. The Labute approximate surface area is 101 Å². The third kappa shape index (κ3) is 1.71. The van der Waals surface area contributed by atoms with E-state index < -0.39 is 0 Å². The van der Waals surface area contributed by atoms with Crippen molar-refractivity contribution in [2.45, 2.75) is 44.2 Å². The van der Waals surface area contributed by atoms with E-state index in [2.05, 4.69) is 30.6 Å². The molecular formula is C13H19NOS. The van der Waals surface area contributed by atoms with E-state index >= 15 is 0 Å². The van der Waals surface area contributed by atoms with Crippen LogP contribution in [0.2, 0.25) is 0 Å². The predicted octanol–water partition coefficient (Wildman–Crippen LogP) is 2.85. The maximum absolute atomic E-state index is 6.04. The molecule has 1 atom stereocenters. The van der Waals surface area contributed by atoms with Gasteiger partial charge in [0.1, 0.15) is 6.10 Å². The average molecular weight is 237 g/mol. The van der Waals surface area contributed by atoms with Crippen LogP contribution in [0.1, 0.15) is 43.2 Å². The summed E-state index contributed by atoms with van der Waals surface area (Å²) >= 11 is 1.86. The number of rotatable bonds is 3. The highest BCUT2D eigenvalue weighted by molar-refractivity contribution is 7.10. The molecule has 3 heteroatoms. The summed E-state index contributed by atoms with van der Waals surface area (Å²) in [4.78, 5) is 1.47. The minimum absolute atomic E-state index is 0.281. The zero-order valence-electron chi connectivity index (χ0n) is 9.95. The van der Waals surface area contributed by atoms with Gasteiger partial charge < -0.3 is 10.1 Å². The van der Waals surface area contributed by atoms with Crippen LogP contribution in [-0.4, -0.2) is 19.2 Å². The quantitative estimate of drug-likeness (QED) is 0.873. The molecule has 88 valence electrons. The zero-order chi connectivity index (χ0) is 11.2. The number of hydrogen-bond acceptors (Lipinski definition) is 3. The number of thiophene rings is 1. The van der Waals surface area contributed by atoms with Crippen LogP contribution in [0, 0.1) is 0 Å². The first-order chi connectivity index (χ1) is 7.71. The SMILES string of the molecule is CC(C)NC[C@H]1OCC2(CC2)c2ccsc21. The topological polar surface area (TPSA) is 21.3 Å². The van der Waals surface area contributed by atoms with Gasteiger partial charge in [0.2, 0.25) is 0 Å². The summed E-state index contributed by atoms with van der Waals surface area (Å²) in [6, 6.07) is 2.85. The van der Waals surface area contributed by atoms with Gasteiger partial charge in [0.05, 0.1) is 6.61 Å². The fourth-order valence-electron chi connectivity index (χ4n) is 2.48. The van der Waals surface area contributed by atoms with Crippen LogP contribution in [0.3, 0.4) is 0 Å². The summed E-state index contributed by atoms with van der Waals surface area (Å²) in [7, 11) is 0. The van der Waals surface area contributed by atoms with Crippen LogP contribution in [0.25, 0.3) is 0 Å². The largest absolute Gasteiger partial charge is 0.370 e. The Bertz CT molecular complexity index is 381. The van der Waals surface area contributed by atoms with Gasteiger partial charge in [0.15, 0.2) is 0 Å². The third-order valence-electron chi connectivity index (χ3n) is 3.68. The highest BCUT2D eigenvalue weighted by atomic mass is 32.1. The van der Waals surface area contributed by atoms with Crippen molar-refractivity contribution in [3.05, 3.63) is 21.9 Å². The lowest BCUT2D eigenvalue weighted by Gasteiger charge is -2.30. The van der Waals surface area contributed by atoms with Crippen LogP contribution < -0.4 is 5.32 Å². The van der Waals surface area contributed by atoms with Crippen LogP contribution in [0.4, 0.5) is 0 Å². The third-order valence-corrected chi connectivity index (χ3v) is 4.69. The van der Waals surface area contributed by atoms with E-state index in [9.17, 15) is 0 Å². The van der Waals surface area contributed by atoms with E-state index in [1.807, 2.05) is 11.3 Å². The molecule has 0 unspecified atom stereocenters. The fourth-order valence-corrected chi connectivity index (χ4v) is 3.55. The first kappa shape index (κ1) is 10.8. The van der Waals surface area contributed by atoms with Crippen LogP contribution in [0.15, 0.2) is 11.4 Å². The van der Waals surface area contributed by atoms with Crippen molar-refractivity contribution in [2.75, 3.05) is 13.2 Å². The van der Waals surface area contributed by atoms with Crippen molar-refractivity contribution in [2.24, 2.45) is 0 Å².